The molecule has 41 heavy (non-hydrogen) atoms. The van der Waals surface area contributed by atoms with E-state index >= 15 is 0 Å². The van der Waals surface area contributed by atoms with Gasteiger partial charge < -0.3 is 25.6 Å². The molecule has 222 valence electrons. The minimum atomic E-state index is -4.76. The van der Waals surface area contributed by atoms with E-state index in [1.165, 1.54) is 11.8 Å². The summed E-state index contributed by atoms with van der Waals surface area (Å²) in [6, 6.07) is 13.6. The Bertz CT molecular complexity index is 1200. The number of piperidine rings is 2. The summed E-state index contributed by atoms with van der Waals surface area (Å²) in [5.41, 5.74) is 0.663. The number of likely N-dealkylation sites (tertiary alicyclic amines) is 1. The largest absolute Gasteiger partial charge is 0.449 e. The van der Waals surface area contributed by atoms with Crippen LogP contribution in [0.4, 0.5) is 24.7 Å². The number of nitrogens with zero attached hydrogens (tertiary/aromatic N) is 3. The number of carbonyl (C=O) groups is 1. The molecule has 1 aromatic heterocycles. The first-order valence-electron chi connectivity index (χ1n) is 14.4. The van der Waals surface area contributed by atoms with Gasteiger partial charge in [0.15, 0.2) is 5.70 Å². The lowest BCUT2D eigenvalue weighted by atomic mass is 9.77. The molecule has 3 aliphatic rings. The van der Waals surface area contributed by atoms with Gasteiger partial charge in [0.2, 0.25) is 12.1 Å². The topological polar surface area (TPSA) is 81.8 Å². The van der Waals surface area contributed by atoms with Crippen LogP contribution in [-0.2, 0) is 9.53 Å². The van der Waals surface area contributed by atoms with Crippen LogP contribution in [0.25, 0.3) is 0 Å². The number of allylic oxidation sites excluding steroid dienone is 1. The quantitative estimate of drug-likeness (QED) is 0.420. The molecule has 1 amide bonds. The van der Waals surface area contributed by atoms with Gasteiger partial charge in [-0.1, -0.05) is 37.3 Å². The molecule has 5 rings (SSSR count). The van der Waals surface area contributed by atoms with E-state index in [2.05, 4.69) is 44.9 Å². The van der Waals surface area contributed by atoms with Crippen LogP contribution in [-0.4, -0.2) is 68.1 Å². The Morgan fingerprint density at radius 3 is 2.41 bits per heavy atom. The Kier molecular flexibility index (Phi) is 8.74. The second-order valence-electron chi connectivity index (χ2n) is 11.5. The van der Waals surface area contributed by atoms with Gasteiger partial charge in [-0.15, -0.1) is 0 Å². The van der Waals surface area contributed by atoms with Crippen LogP contribution in [0.15, 0.2) is 60.1 Å². The summed E-state index contributed by atoms with van der Waals surface area (Å²) in [5, 5.41) is 8.17. The highest BCUT2D eigenvalue weighted by atomic mass is 19.4. The monoisotopic (exact) mass is 572 g/mol. The molecule has 3 N–H and O–H groups in total. The van der Waals surface area contributed by atoms with E-state index in [-0.39, 0.29) is 0 Å². The third-order valence-corrected chi connectivity index (χ3v) is 8.63. The van der Waals surface area contributed by atoms with Crippen LogP contribution >= 0.6 is 0 Å². The van der Waals surface area contributed by atoms with Gasteiger partial charge in [0, 0.05) is 26.2 Å². The molecular formula is C30H39F3N6O2. The molecule has 0 radical (unpaired) electrons. The minimum Gasteiger partial charge on any atom is -0.449 e. The van der Waals surface area contributed by atoms with Crippen molar-refractivity contribution in [3.8, 4) is 0 Å². The number of hydrogen-bond donors (Lipinski definition) is 3. The van der Waals surface area contributed by atoms with Gasteiger partial charge >= 0.3 is 6.18 Å². The Balaban J connectivity index is 1.18. The van der Waals surface area contributed by atoms with E-state index in [4.69, 9.17) is 4.74 Å². The first-order valence-corrected chi connectivity index (χ1v) is 14.4. The molecule has 8 nitrogen and oxygen atoms in total. The number of alkyl halides is 3. The zero-order chi connectivity index (χ0) is 29.0. The summed E-state index contributed by atoms with van der Waals surface area (Å²) in [6.45, 7) is 6.16. The summed E-state index contributed by atoms with van der Waals surface area (Å²) in [4.78, 5) is 21.5. The first kappa shape index (κ1) is 29.2. The zero-order valence-electron chi connectivity index (χ0n) is 23.6. The number of ether oxygens (including phenoxy) is 1. The van der Waals surface area contributed by atoms with Crippen LogP contribution in [0.3, 0.4) is 0 Å². The average molecular weight is 573 g/mol. The molecule has 1 unspecified atom stereocenters. The molecule has 0 saturated carbocycles. The molecule has 1 atom stereocenters. The van der Waals surface area contributed by atoms with Gasteiger partial charge in [0.25, 0.3) is 5.91 Å². The van der Waals surface area contributed by atoms with Crippen molar-refractivity contribution in [3.63, 3.8) is 0 Å². The normalized spacial score (nSPS) is 21.9. The Morgan fingerprint density at radius 2 is 1.80 bits per heavy atom. The van der Waals surface area contributed by atoms with Crippen molar-refractivity contribution >= 4 is 17.4 Å². The predicted molar refractivity (Wildman–Crippen MR) is 152 cm³/mol. The Labute approximate surface area is 239 Å². The lowest BCUT2D eigenvalue weighted by Crippen LogP contribution is -2.48. The fourth-order valence-electron chi connectivity index (χ4n) is 5.91. The molecule has 11 heteroatoms. The second kappa shape index (κ2) is 12.3. The van der Waals surface area contributed by atoms with E-state index < -0.39 is 29.9 Å². The molecule has 2 aromatic rings. The van der Waals surface area contributed by atoms with Gasteiger partial charge in [-0.05, 0) is 74.7 Å². The predicted octanol–water partition coefficient (Wildman–Crippen LogP) is 4.79. The summed E-state index contributed by atoms with van der Waals surface area (Å²) < 4.78 is 47.3. The van der Waals surface area contributed by atoms with Crippen LogP contribution in [0.1, 0.15) is 50.5 Å². The van der Waals surface area contributed by atoms with E-state index in [9.17, 15) is 18.0 Å². The molecule has 2 fully saturated rings. The van der Waals surface area contributed by atoms with Crippen LogP contribution < -0.4 is 20.9 Å². The third kappa shape index (κ3) is 6.95. The number of anilines is 2. The van der Waals surface area contributed by atoms with Crippen molar-refractivity contribution in [2.24, 2.45) is 5.41 Å². The van der Waals surface area contributed by atoms with E-state index in [0.29, 0.717) is 30.1 Å². The maximum atomic E-state index is 13.9. The van der Waals surface area contributed by atoms with Crippen molar-refractivity contribution in [1.29, 1.82) is 0 Å². The average Bonchev–Trinajstić information content (AvgIpc) is 3.45. The van der Waals surface area contributed by atoms with Crippen molar-refractivity contribution in [1.82, 2.24) is 20.5 Å². The first-order chi connectivity index (χ1) is 19.6. The number of benzene rings is 1. The summed E-state index contributed by atoms with van der Waals surface area (Å²) in [5.74, 6) is -0.588. The van der Waals surface area contributed by atoms with E-state index in [0.717, 1.165) is 57.6 Å². The highest BCUT2D eigenvalue weighted by Crippen LogP contribution is 2.37. The van der Waals surface area contributed by atoms with E-state index in [1.54, 1.807) is 12.1 Å². The lowest BCUT2D eigenvalue weighted by Gasteiger charge is -2.40. The highest BCUT2D eigenvalue weighted by molar-refractivity contribution is 6.03. The number of hydrogen-bond acceptors (Lipinski definition) is 7. The van der Waals surface area contributed by atoms with Crippen molar-refractivity contribution < 1.29 is 22.7 Å². The third-order valence-electron chi connectivity index (χ3n) is 8.63. The SMILES string of the molecule is CNCCC1(C)CCN(c2ccc(NC(=O)C3=C(C(F)(F)F)NC(N4CCC(c5ccccc5)CC4)O3)cn2)CC1. The number of carbonyl (C=O) groups excluding carboxylic acids is 1. The molecule has 0 aliphatic carbocycles. The number of rotatable bonds is 8. The van der Waals surface area contributed by atoms with Crippen LogP contribution in [0, 0.1) is 5.41 Å². The molecule has 0 spiro atoms. The van der Waals surface area contributed by atoms with E-state index in [1.807, 2.05) is 30.1 Å². The lowest BCUT2D eigenvalue weighted by molar-refractivity contribution is -0.119. The van der Waals surface area contributed by atoms with Crippen molar-refractivity contribution in [3.05, 3.63) is 65.7 Å². The molecular weight excluding hydrogens is 533 g/mol. The summed E-state index contributed by atoms with van der Waals surface area (Å²) in [6.07, 6.45) is 0.470. The standard InChI is InChI=1S/C30H39F3N6O2/c1-29(12-15-34-2)13-18-38(19-14-29)24-9-8-23(20-35-24)36-27(40)25-26(30(31,32)33)37-28(41-25)39-16-10-22(11-17-39)21-6-4-3-5-7-21/h3-9,20,22,28,34,37H,10-19H2,1-2H3,(H,36,40). The number of aromatic nitrogens is 1. The van der Waals surface area contributed by atoms with Gasteiger partial charge in [-0.3, -0.25) is 9.69 Å². The van der Waals surface area contributed by atoms with Gasteiger partial charge in [0.05, 0.1) is 11.9 Å². The Hall–Kier alpha value is -3.31. The highest BCUT2D eigenvalue weighted by Gasteiger charge is 2.47. The van der Waals surface area contributed by atoms with Crippen molar-refractivity contribution in [2.75, 3.05) is 50.0 Å². The molecule has 0 bridgehead atoms. The smallest absolute Gasteiger partial charge is 0.434 e. The summed E-state index contributed by atoms with van der Waals surface area (Å²) >= 11 is 0. The number of amides is 1. The maximum Gasteiger partial charge on any atom is 0.434 e. The number of halogens is 3. The van der Waals surface area contributed by atoms with Crippen molar-refractivity contribution in [2.45, 2.75) is 57.5 Å². The fraction of sp³-hybridized carbons (Fsp3) is 0.533. The number of pyridine rings is 1. The second-order valence-corrected chi connectivity index (χ2v) is 11.5. The summed E-state index contributed by atoms with van der Waals surface area (Å²) in [7, 11) is 1.96. The molecule has 4 heterocycles. The molecule has 1 aromatic carbocycles. The number of nitrogens with one attached hydrogen (secondary N) is 3. The van der Waals surface area contributed by atoms with Gasteiger partial charge in [-0.25, -0.2) is 4.98 Å². The molecule has 3 aliphatic heterocycles. The zero-order valence-corrected chi connectivity index (χ0v) is 23.6. The Morgan fingerprint density at radius 1 is 1.10 bits per heavy atom. The fourth-order valence-corrected chi connectivity index (χ4v) is 5.91. The van der Waals surface area contributed by atoms with Gasteiger partial charge in [-0.2, -0.15) is 13.2 Å². The maximum absolute atomic E-state index is 13.9. The van der Waals surface area contributed by atoms with Crippen LogP contribution in [0.5, 0.6) is 0 Å². The minimum absolute atomic E-state index is 0.294. The molecule has 2 saturated heterocycles. The van der Waals surface area contributed by atoms with Crippen LogP contribution in [0.2, 0.25) is 0 Å². The van der Waals surface area contributed by atoms with Gasteiger partial charge in [0.1, 0.15) is 5.82 Å².